The molecule has 30 heavy (non-hydrogen) atoms. The van der Waals surface area contributed by atoms with Crippen LogP contribution in [0.3, 0.4) is 0 Å². The topological polar surface area (TPSA) is 92.7 Å². The molecule has 1 aliphatic heterocycles. The third-order valence-corrected chi connectivity index (χ3v) is 6.32. The lowest BCUT2D eigenvalue weighted by Gasteiger charge is -2.43. The number of aromatic nitrogens is 1. The quantitative estimate of drug-likeness (QED) is 0.724. The van der Waals surface area contributed by atoms with E-state index >= 15 is 0 Å². The standard InChI is InChI=1S/C23H24N4O3/c24-23(8-1-9-23)22(29)27-12-10-26(11-13-27)21(28)17-4-2-16(3-5-17)18-6-7-20-19(14-18)25-15-30-20/h2-7,14-15H,1,8-13,24H2. The Hall–Kier alpha value is -3.19. The number of rotatable bonds is 3. The first-order chi connectivity index (χ1) is 14.5. The first-order valence-electron chi connectivity index (χ1n) is 10.3. The summed E-state index contributed by atoms with van der Waals surface area (Å²) < 4.78 is 5.28. The van der Waals surface area contributed by atoms with Crippen LogP contribution in [-0.2, 0) is 4.79 Å². The second-order valence-electron chi connectivity index (χ2n) is 8.21. The Labute approximate surface area is 174 Å². The van der Waals surface area contributed by atoms with Crippen molar-refractivity contribution in [3.8, 4) is 11.1 Å². The number of piperazine rings is 1. The van der Waals surface area contributed by atoms with Crippen LogP contribution in [0.2, 0.25) is 0 Å². The summed E-state index contributed by atoms with van der Waals surface area (Å²) in [5.74, 6) is 0.0287. The van der Waals surface area contributed by atoms with Gasteiger partial charge in [-0.15, -0.1) is 0 Å². The second-order valence-corrected chi connectivity index (χ2v) is 8.21. The fourth-order valence-electron chi connectivity index (χ4n) is 4.22. The van der Waals surface area contributed by atoms with Crippen molar-refractivity contribution in [2.75, 3.05) is 26.2 Å². The molecule has 1 aromatic heterocycles. The van der Waals surface area contributed by atoms with Crippen molar-refractivity contribution in [3.05, 3.63) is 54.4 Å². The van der Waals surface area contributed by atoms with E-state index in [9.17, 15) is 9.59 Å². The summed E-state index contributed by atoms with van der Waals surface area (Å²) in [6.45, 7) is 2.15. The molecule has 1 saturated heterocycles. The molecule has 2 amide bonds. The number of hydrogen-bond acceptors (Lipinski definition) is 5. The third-order valence-electron chi connectivity index (χ3n) is 6.32. The van der Waals surface area contributed by atoms with Crippen LogP contribution < -0.4 is 5.73 Å². The Bertz CT molecular complexity index is 1090. The van der Waals surface area contributed by atoms with Gasteiger partial charge in [0.05, 0.1) is 5.54 Å². The Balaban J connectivity index is 1.24. The van der Waals surface area contributed by atoms with Gasteiger partial charge in [0.2, 0.25) is 5.91 Å². The number of oxazole rings is 1. The van der Waals surface area contributed by atoms with E-state index in [0.29, 0.717) is 31.7 Å². The average molecular weight is 404 g/mol. The van der Waals surface area contributed by atoms with E-state index < -0.39 is 5.54 Å². The zero-order valence-corrected chi connectivity index (χ0v) is 16.7. The largest absolute Gasteiger partial charge is 0.443 e. The summed E-state index contributed by atoms with van der Waals surface area (Å²) in [6.07, 6.45) is 3.98. The van der Waals surface area contributed by atoms with E-state index in [-0.39, 0.29) is 11.8 Å². The highest BCUT2D eigenvalue weighted by molar-refractivity contribution is 5.95. The normalized spacial score (nSPS) is 18.3. The number of fused-ring (bicyclic) bond motifs is 1. The molecule has 7 heteroatoms. The molecule has 2 heterocycles. The lowest BCUT2D eigenvalue weighted by Crippen LogP contribution is -2.62. The highest BCUT2D eigenvalue weighted by Gasteiger charge is 2.43. The van der Waals surface area contributed by atoms with Gasteiger partial charge in [-0.3, -0.25) is 9.59 Å². The molecule has 1 saturated carbocycles. The Morgan fingerprint density at radius 3 is 2.27 bits per heavy atom. The molecule has 2 N–H and O–H groups in total. The smallest absolute Gasteiger partial charge is 0.253 e. The Morgan fingerprint density at radius 2 is 1.60 bits per heavy atom. The number of amides is 2. The lowest BCUT2D eigenvalue weighted by atomic mass is 9.76. The maximum Gasteiger partial charge on any atom is 0.253 e. The molecule has 0 bridgehead atoms. The molecular formula is C23H24N4O3. The number of benzene rings is 2. The van der Waals surface area contributed by atoms with Gasteiger partial charge in [-0.25, -0.2) is 4.98 Å². The molecule has 154 valence electrons. The van der Waals surface area contributed by atoms with Crippen molar-refractivity contribution in [1.29, 1.82) is 0 Å². The van der Waals surface area contributed by atoms with Gasteiger partial charge in [0.15, 0.2) is 12.0 Å². The second kappa shape index (κ2) is 7.25. The van der Waals surface area contributed by atoms with Crippen LogP contribution >= 0.6 is 0 Å². The average Bonchev–Trinajstić information content (AvgIpc) is 3.24. The summed E-state index contributed by atoms with van der Waals surface area (Å²) in [7, 11) is 0. The summed E-state index contributed by atoms with van der Waals surface area (Å²) in [4.78, 5) is 33.3. The van der Waals surface area contributed by atoms with Gasteiger partial charge in [0.1, 0.15) is 5.52 Å². The van der Waals surface area contributed by atoms with E-state index in [1.807, 2.05) is 52.3 Å². The molecule has 7 nitrogen and oxygen atoms in total. The van der Waals surface area contributed by atoms with Gasteiger partial charge >= 0.3 is 0 Å². The summed E-state index contributed by atoms with van der Waals surface area (Å²) in [5, 5.41) is 0. The van der Waals surface area contributed by atoms with Crippen molar-refractivity contribution in [2.45, 2.75) is 24.8 Å². The minimum atomic E-state index is -0.670. The van der Waals surface area contributed by atoms with E-state index in [1.54, 1.807) is 0 Å². The lowest BCUT2D eigenvalue weighted by molar-refractivity contribution is -0.141. The molecule has 2 fully saturated rings. The zero-order valence-electron chi connectivity index (χ0n) is 16.7. The fourth-order valence-corrected chi connectivity index (χ4v) is 4.22. The first-order valence-corrected chi connectivity index (χ1v) is 10.3. The maximum atomic E-state index is 12.9. The summed E-state index contributed by atoms with van der Waals surface area (Å²) in [6, 6.07) is 13.4. The van der Waals surface area contributed by atoms with Crippen LogP contribution in [-0.4, -0.2) is 58.3 Å². The molecule has 0 unspecified atom stereocenters. The number of nitrogens with zero attached hydrogens (tertiary/aromatic N) is 3. The van der Waals surface area contributed by atoms with Crippen molar-refractivity contribution >= 4 is 22.9 Å². The molecule has 2 aromatic carbocycles. The molecule has 0 spiro atoms. The number of carbonyl (C=O) groups excluding carboxylic acids is 2. The SMILES string of the molecule is NC1(C(=O)N2CCN(C(=O)c3ccc(-c4ccc5ocnc5c4)cc3)CC2)CCC1. The molecule has 0 atom stereocenters. The van der Waals surface area contributed by atoms with Crippen LogP contribution in [0.25, 0.3) is 22.2 Å². The van der Waals surface area contributed by atoms with E-state index in [0.717, 1.165) is 41.5 Å². The highest BCUT2D eigenvalue weighted by atomic mass is 16.3. The van der Waals surface area contributed by atoms with E-state index in [1.165, 1.54) is 6.39 Å². The molecular weight excluding hydrogens is 380 g/mol. The Morgan fingerprint density at radius 1 is 0.933 bits per heavy atom. The molecule has 5 rings (SSSR count). The van der Waals surface area contributed by atoms with Crippen molar-refractivity contribution in [1.82, 2.24) is 14.8 Å². The van der Waals surface area contributed by atoms with Crippen LogP contribution in [0.4, 0.5) is 0 Å². The zero-order chi connectivity index (χ0) is 20.7. The molecule has 3 aromatic rings. The fraction of sp³-hybridized carbons (Fsp3) is 0.348. The number of carbonyl (C=O) groups is 2. The molecule has 0 radical (unpaired) electrons. The van der Waals surface area contributed by atoms with Crippen molar-refractivity contribution < 1.29 is 14.0 Å². The third kappa shape index (κ3) is 3.25. The number of hydrogen-bond donors (Lipinski definition) is 1. The monoisotopic (exact) mass is 404 g/mol. The number of nitrogens with two attached hydrogens (primary N) is 1. The highest BCUT2D eigenvalue weighted by Crippen LogP contribution is 2.31. The van der Waals surface area contributed by atoms with Crippen LogP contribution in [0.5, 0.6) is 0 Å². The summed E-state index contributed by atoms with van der Waals surface area (Å²) >= 11 is 0. The van der Waals surface area contributed by atoms with Gasteiger partial charge in [-0.05, 0) is 54.7 Å². The van der Waals surface area contributed by atoms with Gasteiger partial charge in [0, 0.05) is 31.7 Å². The van der Waals surface area contributed by atoms with Crippen LogP contribution in [0, 0.1) is 0 Å². The van der Waals surface area contributed by atoms with E-state index in [4.69, 9.17) is 10.2 Å². The minimum absolute atomic E-state index is 0.00768. The van der Waals surface area contributed by atoms with Crippen LogP contribution in [0.15, 0.2) is 53.3 Å². The predicted molar refractivity (Wildman–Crippen MR) is 113 cm³/mol. The van der Waals surface area contributed by atoms with Crippen molar-refractivity contribution in [2.24, 2.45) is 5.73 Å². The first kappa shape index (κ1) is 18.8. The van der Waals surface area contributed by atoms with Gasteiger partial charge in [-0.1, -0.05) is 18.2 Å². The maximum absolute atomic E-state index is 12.9. The minimum Gasteiger partial charge on any atom is -0.443 e. The van der Waals surface area contributed by atoms with Crippen molar-refractivity contribution in [3.63, 3.8) is 0 Å². The predicted octanol–water partition coefficient (Wildman–Crippen LogP) is 2.66. The Kier molecular flexibility index (Phi) is 4.55. The van der Waals surface area contributed by atoms with Crippen LogP contribution in [0.1, 0.15) is 29.6 Å². The van der Waals surface area contributed by atoms with Gasteiger partial charge < -0.3 is 20.0 Å². The molecule has 1 aliphatic carbocycles. The molecule has 2 aliphatic rings. The van der Waals surface area contributed by atoms with Gasteiger partial charge in [0.25, 0.3) is 5.91 Å². The van der Waals surface area contributed by atoms with Gasteiger partial charge in [-0.2, -0.15) is 0 Å². The van der Waals surface area contributed by atoms with E-state index in [2.05, 4.69) is 4.98 Å². The summed E-state index contributed by atoms with van der Waals surface area (Å²) in [5.41, 5.74) is 9.74.